The van der Waals surface area contributed by atoms with E-state index in [0.29, 0.717) is 0 Å². The van der Waals surface area contributed by atoms with Crippen molar-refractivity contribution in [2.24, 2.45) is 0 Å². The van der Waals surface area contributed by atoms with Crippen LogP contribution in [0.25, 0.3) is 0 Å². The van der Waals surface area contributed by atoms with Crippen LogP contribution in [0.3, 0.4) is 0 Å². The minimum atomic E-state index is 1.08. The SMILES string of the molecule is CCCCCN(C)c1ccc(C)cn1. The molecule has 0 unspecified atom stereocenters. The molecule has 0 fully saturated rings. The summed E-state index contributed by atoms with van der Waals surface area (Å²) in [6.07, 6.45) is 5.75. The topological polar surface area (TPSA) is 16.1 Å². The van der Waals surface area contributed by atoms with Crippen LogP contribution in [0.1, 0.15) is 31.7 Å². The Morgan fingerprint density at radius 2 is 2.07 bits per heavy atom. The van der Waals surface area contributed by atoms with Crippen molar-refractivity contribution in [2.45, 2.75) is 33.1 Å². The number of hydrogen-bond donors (Lipinski definition) is 0. The summed E-state index contributed by atoms with van der Waals surface area (Å²) in [5.41, 5.74) is 1.22. The second-order valence-corrected chi connectivity index (χ2v) is 3.82. The third-order valence-corrected chi connectivity index (χ3v) is 2.38. The van der Waals surface area contributed by atoms with Gasteiger partial charge in [0.05, 0.1) is 0 Å². The van der Waals surface area contributed by atoms with Crippen LogP contribution in [0.5, 0.6) is 0 Å². The van der Waals surface area contributed by atoms with Gasteiger partial charge in [0.15, 0.2) is 0 Å². The van der Waals surface area contributed by atoms with E-state index >= 15 is 0 Å². The van der Waals surface area contributed by atoms with Gasteiger partial charge in [-0.25, -0.2) is 4.98 Å². The van der Waals surface area contributed by atoms with Crippen LogP contribution >= 0.6 is 0 Å². The molecule has 1 rings (SSSR count). The van der Waals surface area contributed by atoms with Crippen LogP contribution in [-0.2, 0) is 0 Å². The summed E-state index contributed by atoms with van der Waals surface area (Å²) in [7, 11) is 2.10. The summed E-state index contributed by atoms with van der Waals surface area (Å²) in [5.74, 6) is 1.08. The molecule has 0 saturated carbocycles. The van der Waals surface area contributed by atoms with Gasteiger partial charge >= 0.3 is 0 Å². The molecule has 1 aromatic heterocycles. The molecule has 1 heterocycles. The number of anilines is 1. The first-order valence-corrected chi connectivity index (χ1v) is 5.38. The van der Waals surface area contributed by atoms with Crippen LogP contribution in [0.2, 0.25) is 0 Å². The predicted molar refractivity (Wildman–Crippen MR) is 61.8 cm³/mol. The van der Waals surface area contributed by atoms with Gasteiger partial charge < -0.3 is 4.90 Å². The molecule has 0 saturated heterocycles. The summed E-state index contributed by atoms with van der Waals surface area (Å²) < 4.78 is 0. The van der Waals surface area contributed by atoms with Crippen molar-refractivity contribution in [1.82, 2.24) is 4.98 Å². The maximum Gasteiger partial charge on any atom is 0.128 e. The number of rotatable bonds is 5. The molecule has 2 heteroatoms. The van der Waals surface area contributed by atoms with Crippen molar-refractivity contribution < 1.29 is 0 Å². The Kier molecular flexibility index (Phi) is 4.44. The molecule has 0 N–H and O–H groups in total. The van der Waals surface area contributed by atoms with E-state index < -0.39 is 0 Å². The van der Waals surface area contributed by atoms with E-state index in [1.54, 1.807) is 0 Å². The largest absolute Gasteiger partial charge is 0.360 e. The molecule has 78 valence electrons. The van der Waals surface area contributed by atoms with Gasteiger partial charge in [0.1, 0.15) is 5.82 Å². The number of aryl methyl sites for hydroxylation is 1. The van der Waals surface area contributed by atoms with E-state index in [0.717, 1.165) is 12.4 Å². The average Bonchev–Trinajstić information content (AvgIpc) is 2.19. The molecule has 0 bridgehead atoms. The van der Waals surface area contributed by atoms with Crippen molar-refractivity contribution in [3.05, 3.63) is 23.9 Å². The molecule has 0 spiro atoms. The summed E-state index contributed by atoms with van der Waals surface area (Å²) in [5, 5.41) is 0. The maximum atomic E-state index is 4.38. The van der Waals surface area contributed by atoms with Crippen LogP contribution < -0.4 is 4.90 Å². The molecule has 1 aromatic rings. The van der Waals surface area contributed by atoms with Gasteiger partial charge in [-0.05, 0) is 25.0 Å². The Balaban J connectivity index is 2.43. The summed E-state index contributed by atoms with van der Waals surface area (Å²) in [6, 6.07) is 4.19. The smallest absolute Gasteiger partial charge is 0.128 e. The first-order chi connectivity index (χ1) is 6.74. The van der Waals surface area contributed by atoms with E-state index in [4.69, 9.17) is 0 Å². The number of nitrogens with zero attached hydrogens (tertiary/aromatic N) is 2. The van der Waals surface area contributed by atoms with Crippen LogP contribution in [0.15, 0.2) is 18.3 Å². The molecule has 0 aliphatic heterocycles. The maximum absolute atomic E-state index is 4.38. The lowest BCUT2D eigenvalue weighted by atomic mass is 10.2. The Morgan fingerprint density at radius 1 is 1.29 bits per heavy atom. The predicted octanol–water partition coefficient (Wildman–Crippen LogP) is 3.02. The lowest BCUT2D eigenvalue weighted by Gasteiger charge is -2.17. The van der Waals surface area contributed by atoms with Crippen molar-refractivity contribution >= 4 is 5.82 Å². The van der Waals surface area contributed by atoms with Crippen LogP contribution in [0.4, 0.5) is 5.82 Å². The zero-order chi connectivity index (χ0) is 10.4. The Hall–Kier alpha value is -1.05. The summed E-state index contributed by atoms with van der Waals surface area (Å²) in [6.45, 7) is 5.39. The second kappa shape index (κ2) is 5.63. The normalized spacial score (nSPS) is 10.2. The van der Waals surface area contributed by atoms with Crippen molar-refractivity contribution in [3.63, 3.8) is 0 Å². The van der Waals surface area contributed by atoms with E-state index in [-0.39, 0.29) is 0 Å². The molecular weight excluding hydrogens is 172 g/mol. The zero-order valence-corrected chi connectivity index (χ0v) is 9.45. The van der Waals surface area contributed by atoms with Gasteiger partial charge in [-0.2, -0.15) is 0 Å². The van der Waals surface area contributed by atoms with Gasteiger partial charge in [0.25, 0.3) is 0 Å². The first-order valence-electron chi connectivity index (χ1n) is 5.38. The number of hydrogen-bond acceptors (Lipinski definition) is 2. The summed E-state index contributed by atoms with van der Waals surface area (Å²) in [4.78, 5) is 6.60. The summed E-state index contributed by atoms with van der Waals surface area (Å²) >= 11 is 0. The minimum Gasteiger partial charge on any atom is -0.360 e. The highest BCUT2D eigenvalue weighted by Crippen LogP contribution is 2.09. The Bertz CT molecular complexity index is 254. The van der Waals surface area contributed by atoms with Crippen molar-refractivity contribution in [2.75, 3.05) is 18.5 Å². The third-order valence-electron chi connectivity index (χ3n) is 2.38. The highest BCUT2D eigenvalue weighted by atomic mass is 15.2. The first kappa shape index (κ1) is 11.0. The van der Waals surface area contributed by atoms with Gasteiger partial charge in [0, 0.05) is 19.8 Å². The molecule has 0 aliphatic rings. The molecule has 0 atom stereocenters. The van der Waals surface area contributed by atoms with E-state index in [9.17, 15) is 0 Å². The van der Waals surface area contributed by atoms with E-state index in [1.165, 1.54) is 24.8 Å². The molecule has 14 heavy (non-hydrogen) atoms. The Labute approximate surface area is 87.0 Å². The van der Waals surface area contributed by atoms with Crippen LogP contribution in [-0.4, -0.2) is 18.6 Å². The highest BCUT2D eigenvalue weighted by Gasteiger charge is 2.00. The van der Waals surface area contributed by atoms with Crippen molar-refractivity contribution in [3.8, 4) is 0 Å². The molecule has 0 amide bonds. The molecule has 0 aromatic carbocycles. The van der Waals surface area contributed by atoms with E-state index in [2.05, 4.69) is 42.9 Å². The minimum absolute atomic E-state index is 1.08. The molecule has 0 radical (unpaired) electrons. The van der Waals surface area contributed by atoms with Gasteiger partial charge in [-0.3, -0.25) is 0 Å². The van der Waals surface area contributed by atoms with Gasteiger partial charge in [-0.15, -0.1) is 0 Å². The zero-order valence-electron chi connectivity index (χ0n) is 9.45. The number of aromatic nitrogens is 1. The highest BCUT2D eigenvalue weighted by molar-refractivity contribution is 5.37. The Morgan fingerprint density at radius 3 is 2.64 bits per heavy atom. The van der Waals surface area contributed by atoms with Crippen molar-refractivity contribution in [1.29, 1.82) is 0 Å². The fraction of sp³-hybridized carbons (Fsp3) is 0.583. The van der Waals surface area contributed by atoms with Crippen LogP contribution in [0, 0.1) is 6.92 Å². The van der Waals surface area contributed by atoms with Gasteiger partial charge in [-0.1, -0.05) is 25.8 Å². The molecular formula is C12H20N2. The lowest BCUT2D eigenvalue weighted by Crippen LogP contribution is -2.19. The standard InChI is InChI=1S/C12H20N2/c1-4-5-6-9-14(3)12-8-7-11(2)10-13-12/h7-8,10H,4-6,9H2,1-3H3. The van der Waals surface area contributed by atoms with Gasteiger partial charge in [0.2, 0.25) is 0 Å². The quantitative estimate of drug-likeness (QED) is 0.667. The number of unbranched alkanes of at least 4 members (excludes halogenated alkanes) is 2. The molecule has 0 aliphatic carbocycles. The molecule has 2 nitrogen and oxygen atoms in total. The fourth-order valence-electron chi connectivity index (χ4n) is 1.40. The van der Waals surface area contributed by atoms with E-state index in [1.807, 2.05) is 6.20 Å². The fourth-order valence-corrected chi connectivity index (χ4v) is 1.40. The monoisotopic (exact) mass is 192 g/mol. The number of pyridine rings is 1. The third kappa shape index (κ3) is 3.36. The second-order valence-electron chi connectivity index (χ2n) is 3.82. The average molecular weight is 192 g/mol. The lowest BCUT2D eigenvalue weighted by molar-refractivity contribution is 0.701.